The molecule has 0 aliphatic heterocycles. The van der Waals surface area contributed by atoms with Crippen molar-refractivity contribution in [3.8, 4) is 0 Å². The Hall–Kier alpha value is -1.91. The van der Waals surface area contributed by atoms with Crippen molar-refractivity contribution >= 4 is 27.3 Å². The third kappa shape index (κ3) is 5.29. The number of thiophene rings is 1. The number of aromatic nitrogens is 1. The summed E-state index contributed by atoms with van der Waals surface area (Å²) < 4.78 is 32.7. The smallest absolute Gasteiger partial charge is 0.241 e. The molecule has 144 valence electrons. The second-order valence-electron chi connectivity index (χ2n) is 5.78. The van der Waals surface area contributed by atoms with E-state index < -0.39 is 10.0 Å². The van der Waals surface area contributed by atoms with Crippen LogP contribution in [0, 0.1) is 27.7 Å². The minimum absolute atomic E-state index is 0.245. The van der Waals surface area contributed by atoms with Crippen LogP contribution in [0.15, 0.2) is 20.4 Å². The quantitative estimate of drug-likeness (QED) is 0.371. The average Bonchev–Trinajstić information content (AvgIpc) is 3.08. The SMILES string of the molecule is CN=C(NCCNS(=O)(=O)c1cc(C)sc1C)NCc1nc(C)c(C)o1. The highest BCUT2D eigenvalue weighted by atomic mass is 32.2. The number of hydrogen-bond donors (Lipinski definition) is 3. The lowest BCUT2D eigenvalue weighted by atomic mass is 10.4. The lowest BCUT2D eigenvalue weighted by Crippen LogP contribution is -2.41. The van der Waals surface area contributed by atoms with Crippen molar-refractivity contribution in [2.24, 2.45) is 4.99 Å². The maximum Gasteiger partial charge on any atom is 0.241 e. The molecule has 0 aliphatic carbocycles. The van der Waals surface area contributed by atoms with Crippen LogP contribution in [0.3, 0.4) is 0 Å². The minimum atomic E-state index is -3.50. The Morgan fingerprint density at radius 1 is 1.23 bits per heavy atom. The fourth-order valence-corrected chi connectivity index (χ4v) is 4.90. The first-order chi connectivity index (χ1) is 12.2. The lowest BCUT2D eigenvalue weighted by Gasteiger charge is -2.11. The predicted octanol–water partition coefficient (Wildman–Crippen LogP) is 1.61. The summed E-state index contributed by atoms with van der Waals surface area (Å²) in [5.41, 5.74) is 0.859. The molecule has 2 rings (SSSR count). The third-order valence-electron chi connectivity index (χ3n) is 3.70. The number of nitrogens with zero attached hydrogens (tertiary/aromatic N) is 2. The van der Waals surface area contributed by atoms with Crippen molar-refractivity contribution in [2.45, 2.75) is 39.1 Å². The lowest BCUT2D eigenvalue weighted by molar-refractivity contribution is 0.464. The molecular formula is C16H25N5O3S2. The molecule has 0 saturated heterocycles. The van der Waals surface area contributed by atoms with Gasteiger partial charge >= 0.3 is 0 Å². The van der Waals surface area contributed by atoms with E-state index in [2.05, 4.69) is 25.3 Å². The molecule has 3 N–H and O–H groups in total. The van der Waals surface area contributed by atoms with Gasteiger partial charge < -0.3 is 15.1 Å². The first-order valence-corrected chi connectivity index (χ1v) is 10.5. The molecule has 0 saturated carbocycles. The van der Waals surface area contributed by atoms with Gasteiger partial charge in [0.25, 0.3) is 0 Å². The van der Waals surface area contributed by atoms with Gasteiger partial charge in [0.2, 0.25) is 15.9 Å². The van der Waals surface area contributed by atoms with Gasteiger partial charge in [0.1, 0.15) is 5.76 Å². The predicted molar refractivity (Wildman–Crippen MR) is 103 cm³/mol. The first kappa shape index (κ1) is 20.4. The number of rotatable bonds is 7. The summed E-state index contributed by atoms with van der Waals surface area (Å²) in [4.78, 5) is 10.5. The zero-order valence-electron chi connectivity index (χ0n) is 15.6. The van der Waals surface area contributed by atoms with Crippen LogP contribution in [-0.2, 0) is 16.6 Å². The van der Waals surface area contributed by atoms with Crippen LogP contribution < -0.4 is 15.4 Å². The van der Waals surface area contributed by atoms with Crippen LogP contribution in [0.25, 0.3) is 0 Å². The third-order valence-corrected chi connectivity index (χ3v) is 6.38. The summed E-state index contributed by atoms with van der Waals surface area (Å²) in [5, 5.41) is 6.13. The van der Waals surface area contributed by atoms with E-state index in [4.69, 9.17) is 4.42 Å². The summed E-state index contributed by atoms with van der Waals surface area (Å²) in [5.74, 6) is 1.91. The van der Waals surface area contributed by atoms with E-state index >= 15 is 0 Å². The van der Waals surface area contributed by atoms with Gasteiger partial charge in [0.05, 0.1) is 17.1 Å². The molecule has 2 heterocycles. The molecule has 26 heavy (non-hydrogen) atoms. The summed E-state index contributed by atoms with van der Waals surface area (Å²) in [7, 11) is -1.85. The standard InChI is InChI=1S/C16H25N5O3S2/c1-10-8-14(13(4)25-10)26(22,23)20-7-6-18-16(17-5)19-9-15-21-11(2)12(3)24-15/h8,20H,6-7,9H2,1-5H3,(H2,17,18,19). The average molecular weight is 400 g/mol. The maximum absolute atomic E-state index is 12.3. The van der Waals surface area contributed by atoms with Gasteiger partial charge in [0, 0.05) is 29.9 Å². The zero-order chi connectivity index (χ0) is 19.3. The topological polar surface area (TPSA) is 109 Å². The Kier molecular flexibility index (Phi) is 6.79. The monoisotopic (exact) mass is 399 g/mol. The van der Waals surface area contributed by atoms with Gasteiger partial charge in [-0.2, -0.15) is 0 Å². The molecule has 0 aromatic carbocycles. The van der Waals surface area contributed by atoms with Crippen LogP contribution in [0.1, 0.15) is 27.1 Å². The molecule has 0 unspecified atom stereocenters. The fourth-order valence-electron chi connectivity index (χ4n) is 2.31. The molecule has 0 spiro atoms. The van der Waals surface area contributed by atoms with Crippen LogP contribution >= 0.6 is 11.3 Å². The fraction of sp³-hybridized carbons (Fsp3) is 0.500. The van der Waals surface area contributed by atoms with E-state index in [-0.39, 0.29) is 6.54 Å². The molecule has 2 aromatic heterocycles. The van der Waals surface area contributed by atoms with Crippen LogP contribution in [0.4, 0.5) is 0 Å². The molecule has 0 aliphatic rings. The van der Waals surface area contributed by atoms with Gasteiger partial charge in [0.15, 0.2) is 5.96 Å². The summed E-state index contributed by atoms with van der Waals surface area (Å²) in [6.45, 7) is 8.49. The van der Waals surface area contributed by atoms with E-state index in [1.54, 1.807) is 13.1 Å². The van der Waals surface area contributed by atoms with Crippen molar-refractivity contribution < 1.29 is 12.8 Å². The highest BCUT2D eigenvalue weighted by Gasteiger charge is 2.18. The van der Waals surface area contributed by atoms with Crippen molar-refractivity contribution in [3.63, 3.8) is 0 Å². The molecule has 0 amide bonds. The Morgan fingerprint density at radius 2 is 1.96 bits per heavy atom. The largest absolute Gasteiger partial charge is 0.444 e. The molecule has 0 bridgehead atoms. The van der Waals surface area contributed by atoms with E-state index in [0.717, 1.165) is 21.2 Å². The Labute approximate surface area is 158 Å². The van der Waals surface area contributed by atoms with Gasteiger partial charge in [-0.1, -0.05) is 0 Å². The molecule has 8 nitrogen and oxygen atoms in total. The van der Waals surface area contributed by atoms with Crippen LogP contribution in [0.2, 0.25) is 0 Å². The summed E-state index contributed by atoms with van der Waals surface area (Å²) in [6, 6.07) is 1.69. The number of oxazole rings is 1. The molecule has 0 atom stereocenters. The van der Waals surface area contributed by atoms with Crippen LogP contribution in [-0.4, -0.2) is 39.5 Å². The Balaban J connectivity index is 1.79. The molecule has 10 heteroatoms. The van der Waals surface area contributed by atoms with Crippen molar-refractivity contribution in [2.75, 3.05) is 20.1 Å². The number of sulfonamides is 1. The number of hydrogen-bond acceptors (Lipinski definition) is 6. The molecular weight excluding hydrogens is 374 g/mol. The van der Waals surface area contributed by atoms with E-state index in [1.165, 1.54) is 11.3 Å². The number of aryl methyl sites for hydroxylation is 4. The van der Waals surface area contributed by atoms with Crippen molar-refractivity contribution in [3.05, 3.63) is 33.2 Å². The number of nitrogens with one attached hydrogen (secondary N) is 3. The van der Waals surface area contributed by atoms with Crippen molar-refractivity contribution in [1.29, 1.82) is 0 Å². The second-order valence-corrected chi connectivity index (χ2v) is 8.97. The Bertz CT molecular complexity index is 864. The van der Waals surface area contributed by atoms with Gasteiger partial charge in [-0.25, -0.2) is 18.1 Å². The molecule has 2 aromatic rings. The number of aliphatic imine (C=N–C) groups is 1. The molecule has 0 radical (unpaired) electrons. The first-order valence-electron chi connectivity index (χ1n) is 8.17. The zero-order valence-corrected chi connectivity index (χ0v) is 17.3. The van der Waals surface area contributed by atoms with E-state index in [1.807, 2.05) is 27.7 Å². The summed E-state index contributed by atoms with van der Waals surface area (Å²) >= 11 is 1.47. The Morgan fingerprint density at radius 3 is 2.50 bits per heavy atom. The highest BCUT2D eigenvalue weighted by molar-refractivity contribution is 7.89. The van der Waals surface area contributed by atoms with Crippen LogP contribution in [0.5, 0.6) is 0 Å². The van der Waals surface area contributed by atoms with Gasteiger partial charge in [-0.15, -0.1) is 11.3 Å². The van der Waals surface area contributed by atoms with Crippen molar-refractivity contribution in [1.82, 2.24) is 20.3 Å². The number of guanidine groups is 1. The van der Waals surface area contributed by atoms with Gasteiger partial charge in [-0.3, -0.25) is 4.99 Å². The van der Waals surface area contributed by atoms with Gasteiger partial charge in [-0.05, 0) is 33.8 Å². The maximum atomic E-state index is 12.3. The summed E-state index contributed by atoms with van der Waals surface area (Å²) in [6.07, 6.45) is 0. The van der Waals surface area contributed by atoms with E-state index in [9.17, 15) is 8.42 Å². The molecule has 0 fully saturated rings. The second kappa shape index (κ2) is 8.65. The minimum Gasteiger partial charge on any atom is -0.444 e. The highest BCUT2D eigenvalue weighted by Crippen LogP contribution is 2.24. The van der Waals surface area contributed by atoms with E-state index in [0.29, 0.717) is 29.8 Å². The normalized spacial score (nSPS) is 12.4.